The number of halogens is 2. The van der Waals surface area contributed by atoms with Crippen molar-refractivity contribution in [2.45, 2.75) is 62.8 Å². The number of amides is 1. The Kier molecular flexibility index (Phi) is 2.13. The fraction of sp³-hybridized carbons (Fsp3) is 0.812. The first kappa shape index (κ1) is 12.6. The second-order valence-electron chi connectivity index (χ2n) is 7.65. The average molecular weight is 279 g/mol. The zero-order valence-electron chi connectivity index (χ0n) is 11.5. The highest BCUT2D eigenvalue weighted by atomic mass is 19.3. The fourth-order valence-corrected chi connectivity index (χ4v) is 4.37. The highest BCUT2D eigenvalue weighted by Crippen LogP contribution is 2.75. The molecular formula is C16H19F2NO. The zero-order chi connectivity index (χ0) is 14.2. The Hall–Kier alpha value is -1.11. The summed E-state index contributed by atoms with van der Waals surface area (Å²) in [7, 11) is 0. The minimum absolute atomic E-state index is 0.0341. The van der Waals surface area contributed by atoms with Crippen molar-refractivity contribution >= 4 is 5.91 Å². The molecule has 108 valence electrons. The van der Waals surface area contributed by atoms with Crippen LogP contribution in [0.4, 0.5) is 8.78 Å². The molecule has 4 saturated carbocycles. The number of rotatable bonds is 2. The predicted molar refractivity (Wildman–Crippen MR) is 69.9 cm³/mol. The van der Waals surface area contributed by atoms with Crippen molar-refractivity contribution in [2.24, 2.45) is 16.7 Å². The molecule has 0 bridgehead atoms. The molecule has 0 aromatic rings. The summed E-state index contributed by atoms with van der Waals surface area (Å²) in [4.78, 5) is 12.2. The largest absolute Gasteiger partial charge is 0.339 e. The van der Waals surface area contributed by atoms with E-state index in [1.54, 1.807) is 0 Å². The SMILES string of the molecule is C#CC1(NC(=O)C23CC2C3)CC2(CCC(F)(F)CC2)C1. The van der Waals surface area contributed by atoms with E-state index in [4.69, 9.17) is 6.42 Å². The Balaban J connectivity index is 1.40. The van der Waals surface area contributed by atoms with Gasteiger partial charge in [0.25, 0.3) is 0 Å². The maximum absolute atomic E-state index is 13.3. The molecule has 0 aliphatic heterocycles. The molecule has 4 fully saturated rings. The van der Waals surface area contributed by atoms with Crippen LogP contribution in [0.15, 0.2) is 0 Å². The summed E-state index contributed by atoms with van der Waals surface area (Å²) in [6.07, 6.45) is 10.0. The Morgan fingerprint density at radius 1 is 1.15 bits per heavy atom. The Bertz CT molecular complexity index is 509. The van der Waals surface area contributed by atoms with E-state index in [2.05, 4.69) is 11.2 Å². The number of fused-ring (bicyclic) bond motifs is 1. The lowest BCUT2D eigenvalue weighted by Crippen LogP contribution is -2.63. The molecule has 1 amide bonds. The van der Waals surface area contributed by atoms with Crippen molar-refractivity contribution in [3.8, 4) is 12.3 Å². The van der Waals surface area contributed by atoms with Gasteiger partial charge in [0.1, 0.15) is 5.54 Å². The van der Waals surface area contributed by atoms with Gasteiger partial charge >= 0.3 is 0 Å². The van der Waals surface area contributed by atoms with E-state index in [-0.39, 0.29) is 29.6 Å². The lowest BCUT2D eigenvalue weighted by Gasteiger charge is -2.56. The van der Waals surface area contributed by atoms with Crippen molar-refractivity contribution in [3.63, 3.8) is 0 Å². The van der Waals surface area contributed by atoms with Gasteiger partial charge in [0.15, 0.2) is 0 Å². The first-order valence-electron chi connectivity index (χ1n) is 7.51. The molecule has 0 radical (unpaired) electrons. The van der Waals surface area contributed by atoms with Gasteiger partial charge in [0.2, 0.25) is 11.8 Å². The average Bonchev–Trinajstić information content (AvgIpc) is 3.18. The van der Waals surface area contributed by atoms with Gasteiger partial charge in [0, 0.05) is 12.8 Å². The standard InChI is InChI=1S/C16H19F2NO/c1-2-14(19-12(20)15-7-11(15)8-15)9-13(10-14)3-5-16(17,18)6-4-13/h1,11H,3-10H2,(H,19,20). The molecule has 0 heterocycles. The monoisotopic (exact) mass is 279 g/mol. The van der Waals surface area contributed by atoms with Crippen LogP contribution in [0.25, 0.3) is 0 Å². The third-order valence-corrected chi connectivity index (χ3v) is 6.16. The van der Waals surface area contributed by atoms with Crippen LogP contribution in [-0.4, -0.2) is 17.4 Å². The number of alkyl halides is 2. The fourth-order valence-electron chi connectivity index (χ4n) is 4.37. The van der Waals surface area contributed by atoms with Gasteiger partial charge in [-0.15, -0.1) is 6.42 Å². The van der Waals surface area contributed by atoms with E-state index in [1.165, 1.54) is 0 Å². The summed E-state index contributed by atoms with van der Waals surface area (Å²) < 4.78 is 26.5. The maximum atomic E-state index is 13.3. The second kappa shape index (κ2) is 3.37. The summed E-state index contributed by atoms with van der Waals surface area (Å²) in [5.74, 6) is 0.939. The molecule has 0 aromatic heterocycles. The Labute approximate surface area is 117 Å². The normalized spacial score (nSPS) is 41.0. The quantitative estimate of drug-likeness (QED) is 0.774. The van der Waals surface area contributed by atoms with Crippen molar-refractivity contribution in [2.75, 3.05) is 0 Å². The lowest BCUT2D eigenvalue weighted by atomic mass is 9.52. The van der Waals surface area contributed by atoms with E-state index in [0.29, 0.717) is 31.6 Å². The van der Waals surface area contributed by atoms with E-state index < -0.39 is 11.5 Å². The van der Waals surface area contributed by atoms with Crippen molar-refractivity contribution in [1.29, 1.82) is 0 Å². The summed E-state index contributed by atoms with van der Waals surface area (Å²) >= 11 is 0. The molecule has 0 atom stereocenters. The Morgan fingerprint density at radius 2 is 1.70 bits per heavy atom. The molecule has 4 aliphatic carbocycles. The smallest absolute Gasteiger partial charge is 0.248 e. The number of nitrogens with one attached hydrogen (secondary N) is 1. The number of carbonyl (C=O) groups is 1. The van der Waals surface area contributed by atoms with Crippen LogP contribution in [0, 0.1) is 29.1 Å². The molecule has 0 aromatic carbocycles. The van der Waals surface area contributed by atoms with E-state index >= 15 is 0 Å². The van der Waals surface area contributed by atoms with Gasteiger partial charge in [-0.3, -0.25) is 4.79 Å². The second-order valence-corrected chi connectivity index (χ2v) is 7.65. The van der Waals surface area contributed by atoms with Gasteiger partial charge in [-0.1, -0.05) is 5.92 Å². The molecule has 4 aliphatic rings. The van der Waals surface area contributed by atoms with Crippen LogP contribution in [-0.2, 0) is 4.79 Å². The van der Waals surface area contributed by atoms with Crippen LogP contribution in [0.1, 0.15) is 51.4 Å². The third kappa shape index (κ3) is 1.65. The molecule has 0 saturated heterocycles. The molecular weight excluding hydrogens is 260 g/mol. The third-order valence-electron chi connectivity index (χ3n) is 6.16. The van der Waals surface area contributed by atoms with Crippen LogP contribution in [0.2, 0.25) is 0 Å². The molecule has 1 spiro atoms. The summed E-state index contributed by atoms with van der Waals surface area (Å²) in [6, 6.07) is 0. The van der Waals surface area contributed by atoms with Gasteiger partial charge < -0.3 is 5.32 Å². The molecule has 20 heavy (non-hydrogen) atoms. The van der Waals surface area contributed by atoms with E-state index in [0.717, 1.165) is 12.8 Å². The van der Waals surface area contributed by atoms with Gasteiger partial charge in [0.05, 0.1) is 5.41 Å². The zero-order valence-corrected chi connectivity index (χ0v) is 11.5. The van der Waals surface area contributed by atoms with Gasteiger partial charge in [-0.2, -0.15) is 0 Å². The highest BCUT2D eigenvalue weighted by molar-refractivity contribution is 5.91. The van der Waals surface area contributed by atoms with Crippen LogP contribution < -0.4 is 5.32 Å². The molecule has 2 nitrogen and oxygen atoms in total. The van der Waals surface area contributed by atoms with Crippen LogP contribution >= 0.6 is 0 Å². The lowest BCUT2D eigenvalue weighted by molar-refractivity contribution is -0.133. The first-order chi connectivity index (χ1) is 9.33. The highest BCUT2D eigenvalue weighted by Gasteiger charge is 2.75. The molecule has 0 unspecified atom stereocenters. The molecule has 1 N–H and O–H groups in total. The van der Waals surface area contributed by atoms with Crippen LogP contribution in [0.3, 0.4) is 0 Å². The van der Waals surface area contributed by atoms with Crippen molar-refractivity contribution in [1.82, 2.24) is 5.32 Å². The minimum atomic E-state index is -2.50. The van der Waals surface area contributed by atoms with E-state index in [1.807, 2.05) is 0 Å². The first-order valence-corrected chi connectivity index (χ1v) is 7.51. The number of terminal acetylenes is 1. The Morgan fingerprint density at radius 3 is 2.15 bits per heavy atom. The number of hydrogen-bond donors (Lipinski definition) is 1. The van der Waals surface area contributed by atoms with Gasteiger partial charge in [-0.25, -0.2) is 8.78 Å². The predicted octanol–water partition coefficient (Wildman–Crippen LogP) is 2.87. The summed E-state index contributed by atoms with van der Waals surface area (Å²) in [6.45, 7) is 0. The van der Waals surface area contributed by atoms with Crippen molar-refractivity contribution in [3.05, 3.63) is 0 Å². The number of hydrogen-bond acceptors (Lipinski definition) is 1. The maximum Gasteiger partial charge on any atom is 0.248 e. The topological polar surface area (TPSA) is 29.1 Å². The summed E-state index contributed by atoms with van der Waals surface area (Å²) in [5.41, 5.74) is -0.689. The minimum Gasteiger partial charge on any atom is -0.339 e. The summed E-state index contributed by atoms with van der Waals surface area (Å²) in [5, 5.41) is 3.05. The molecule has 4 heteroatoms. The molecule has 4 rings (SSSR count). The number of carbonyl (C=O) groups excluding carboxylic acids is 1. The van der Waals surface area contributed by atoms with Gasteiger partial charge in [-0.05, 0) is 49.9 Å². The van der Waals surface area contributed by atoms with Crippen molar-refractivity contribution < 1.29 is 13.6 Å². The van der Waals surface area contributed by atoms with Crippen LogP contribution in [0.5, 0.6) is 0 Å². The van der Waals surface area contributed by atoms with E-state index in [9.17, 15) is 13.6 Å².